The minimum Gasteiger partial charge on any atom is -0.453 e. The largest absolute Gasteiger partial charge is 0.453 e. The summed E-state index contributed by atoms with van der Waals surface area (Å²) < 4.78 is 6.14. The Labute approximate surface area is 129 Å². The number of hydrogen-bond acceptors (Lipinski definition) is 3. The second kappa shape index (κ2) is 5.06. The van der Waals surface area contributed by atoms with E-state index in [1.165, 1.54) is 0 Å². The quantitative estimate of drug-likeness (QED) is 0.513. The first-order chi connectivity index (χ1) is 9.54. The zero-order valence-electron chi connectivity index (χ0n) is 9.94. The van der Waals surface area contributed by atoms with Crippen LogP contribution in [0.4, 0.5) is 0 Å². The Bertz CT molecular complexity index is 894. The highest BCUT2D eigenvalue weighted by molar-refractivity contribution is 9.10. The van der Waals surface area contributed by atoms with Crippen LogP contribution in [0.3, 0.4) is 0 Å². The molecule has 2 aromatic heterocycles. The maximum Gasteiger partial charge on any atom is 0.314 e. The van der Waals surface area contributed by atoms with Crippen molar-refractivity contribution < 1.29 is 4.42 Å². The molecule has 5 nitrogen and oxygen atoms in total. The molecular formula is C13H8Br2N2O3. The van der Waals surface area contributed by atoms with Gasteiger partial charge in [-0.05, 0) is 45.8 Å². The fraction of sp³-hybridized carbons (Fsp3) is 0.0769. The van der Waals surface area contributed by atoms with Crippen molar-refractivity contribution in [3.8, 4) is 0 Å². The Morgan fingerprint density at radius 3 is 2.35 bits per heavy atom. The van der Waals surface area contributed by atoms with E-state index in [2.05, 4.69) is 41.8 Å². The van der Waals surface area contributed by atoms with Gasteiger partial charge in [0, 0.05) is 0 Å². The summed E-state index contributed by atoms with van der Waals surface area (Å²) in [6.07, 6.45) is 0. The average Bonchev–Trinajstić information content (AvgIpc) is 2.85. The van der Waals surface area contributed by atoms with E-state index in [0.29, 0.717) is 15.7 Å². The third-order valence-corrected chi connectivity index (χ3v) is 4.29. The summed E-state index contributed by atoms with van der Waals surface area (Å²) in [7, 11) is 0. The van der Waals surface area contributed by atoms with E-state index in [4.69, 9.17) is 4.42 Å². The number of hydrogen-bond donors (Lipinski definition) is 2. The number of halogens is 2. The molecule has 2 heterocycles. The number of furan rings is 1. The van der Waals surface area contributed by atoms with E-state index in [9.17, 15) is 9.59 Å². The monoisotopic (exact) mass is 398 g/mol. The summed E-state index contributed by atoms with van der Waals surface area (Å²) in [5.41, 5.74) is 0.736. The lowest BCUT2D eigenvalue weighted by molar-refractivity contribution is 0.497. The van der Waals surface area contributed by atoms with Crippen molar-refractivity contribution in [2.75, 3.05) is 0 Å². The number of alkyl halides is 1. The predicted molar refractivity (Wildman–Crippen MR) is 82.4 cm³/mol. The van der Waals surface area contributed by atoms with Gasteiger partial charge in [-0.15, -0.1) is 0 Å². The van der Waals surface area contributed by atoms with Gasteiger partial charge >= 0.3 is 11.1 Å². The number of nitrogens with one attached hydrogen (secondary N) is 2. The first kappa shape index (κ1) is 13.4. The molecule has 2 N–H and O–H groups in total. The van der Waals surface area contributed by atoms with Crippen LogP contribution in [0, 0.1) is 0 Å². The molecule has 3 rings (SSSR count). The van der Waals surface area contributed by atoms with Gasteiger partial charge in [0.2, 0.25) is 0 Å². The van der Waals surface area contributed by atoms with Crippen LogP contribution in [0.5, 0.6) is 0 Å². The number of benzene rings is 1. The molecule has 0 aliphatic heterocycles. The van der Waals surface area contributed by atoms with Gasteiger partial charge in [-0.2, -0.15) is 0 Å². The van der Waals surface area contributed by atoms with Crippen molar-refractivity contribution >= 4 is 42.9 Å². The highest BCUT2D eigenvalue weighted by atomic mass is 79.9. The molecule has 102 valence electrons. The van der Waals surface area contributed by atoms with Crippen molar-refractivity contribution in [1.82, 2.24) is 9.97 Å². The Morgan fingerprint density at radius 1 is 1.00 bits per heavy atom. The van der Waals surface area contributed by atoms with Crippen LogP contribution in [0.15, 0.2) is 49.0 Å². The molecule has 1 atom stereocenters. The SMILES string of the molecule is O=c1[nH]c2ccc(C(Br)c3ccc(Br)o3)cc2[nH]c1=O. The second-order valence-electron chi connectivity index (χ2n) is 4.22. The summed E-state index contributed by atoms with van der Waals surface area (Å²) in [5.74, 6) is 0.739. The minimum atomic E-state index is -0.665. The molecule has 0 amide bonds. The summed E-state index contributed by atoms with van der Waals surface area (Å²) in [6.45, 7) is 0. The molecule has 0 spiro atoms. The maximum atomic E-state index is 11.4. The van der Waals surface area contributed by atoms with Crippen LogP contribution in [0.25, 0.3) is 11.0 Å². The molecule has 3 aromatic rings. The van der Waals surface area contributed by atoms with Gasteiger partial charge in [0.15, 0.2) is 4.67 Å². The zero-order chi connectivity index (χ0) is 14.3. The highest BCUT2D eigenvalue weighted by Crippen LogP contribution is 2.33. The van der Waals surface area contributed by atoms with Crippen LogP contribution in [-0.4, -0.2) is 9.97 Å². The summed E-state index contributed by atoms with van der Waals surface area (Å²) in [5, 5.41) is 0. The van der Waals surface area contributed by atoms with Crippen LogP contribution >= 0.6 is 31.9 Å². The van der Waals surface area contributed by atoms with Gasteiger partial charge in [0.25, 0.3) is 0 Å². The van der Waals surface area contributed by atoms with Gasteiger partial charge in [-0.25, -0.2) is 0 Å². The van der Waals surface area contributed by atoms with Crippen LogP contribution in [0.2, 0.25) is 0 Å². The Kier molecular flexibility index (Phi) is 3.39. The molecule has 0 bridgehead atoms. The lowest BCUT2D eigenvalue weighted by Gasteiger charge is -2.08. The van der Waals surface area contributed by atoms with E-state index < -0.39 is 11.1 Å². The first-order valence-corrected chi connectivity index (χ1v) is 7.41. The molecular weight excluding hydrogens is 392 g/mol. The predicted octanol–water partition coefficient (Wildman–Crippen LogP) is 3.06. The zero-order valence-corrected chi connectivity index (χ0v) is 13.1. The molecule has 7 heteroatoms. The Hall–Kier alpha value is -1.60. The maximum absolute atomic E-state index is 11.4. The van der Waals surface area contributed by atoms with E-state index in [0.717, 1.165) is 11.3 Å². The van der Waals surface area contributed by atoms with E-state index in [1.54, 1.807) is 12.1 Å². The third kappa shape index (κ3) is 2.38. The van der Waals surface area contributed by atoms with Crippen molar-refractivity contribution in [1.29, 1.82) is 0 Å². The molecule has 20 heavy (non-hydrogen) atoms. The average molecular weight is 400 g/mol. The molecule has 0 saturated heterocycles. The summed E-state index contributed by atoms with van der Waals surface area (Å²) in [4.78, 5) is 27.5. The fourth-order valence-corrected chi connectivity index (χ4v) is 2.77. The summed E-state index contributed by atoms with van der Waals surface area (Å²) >= 11 is 6.80. The molecule has 0 saturated carbocycles. The van der Waals surface area contributed by atoms with Crippen molar-refractivity contribution in [2.24, 2.45) is 0 Å². The normalized spacial score (nSPS) is 12.7. The highest BCUT2D eigenvalue weighted by Gasteiger charge is 2.15. The Balaban J connectivity index is 2.11. The minimum absolute atomic E-state index is 0.145. The van der Waals surface area contributed by atoms with E-state index in [-0.39, 0.29) is 4.83 Å². The first-order valence-electron chi connectivity index (χ1n) is 5.70. The lowest BCUT2D eigenvalue weighted by Crippen LogP contribution is -2.28. The molecule has 0 aliphatic carbocycles. The lowest BCUT2D eigenvalue weighted by atomic mass is 10.1. The number of rotatable bonds is 2. The van der Waals surface area contributed by atoms with Gasteiger partial charge in [-0.3, -0.25) is 9.59 Å². The van der Waals surface area contributed by atoms with Gasteiger partial charge in [-0.1, -0.05) is 22.0 Å². The second-order valence-corrected chi connectivity index (χ2v) is 5.91. The topological polar surface area (TPSA) is 78.9 Å². The molecule has 0 fully saturated rings. The van der Waals surface area contributed by atoms with Crippen LogP contribution < -0.4 is 11.1 Å². The van der Waals surface area contributed by atoms with Gasteiger partial charge < -0.3 is 14.4 Å². The number of aromatic nitrogens is 2. The summed E-state index contributed by atoms with van der Waals surface area (Å²) in [6, 6.07) is 9.05. The number of H-pyrrole nitrogens is 2. The van der Waals surface area contributed by atoms with E-state index >= 15 is 0 Å². The van der Waals surface area contributed by atoms with Gasteiger partial charge in [0.1, 0.15) is 5.76 Å². The third-order valence-electron chi connectivity index (χ3n) is 2.88. The molecule has 1 aromatic carbocycles. The number of aromatic amines is 2. The standard InChI is InChI=1S/C13H8Br2N2O3/c14-10-4-3-9(20-10)11(15)6-1-2-7-8(5-6)17-13(19)12(18)16-7/h1-5,11H,(H,16,18)(H,17,19). The van der Waals surface area contributed by atoms with Crippen molar-refractivity contribution in [2.45, 2.75) is 4.83 Å². The van der Waals surface area contributed by atoms with E-state index in [1.807, 2.05) is 18.2 Å². The van der Waals surface area contributed by atoms with Crippen molar-refractivity contribution in [3.63, 3.8) is 0 Å². The fourth-order valence-electron chi connectivity index (χ4n) is 1.92. The Morgan fingerprint density at radius 2 is 1.70 bits per heavy atom. The number of fused-ring (bicyclic) bond motifs is 1. The molecule has 0 aliphatic rings. The molecule has 0 radical (unpaired) electrons. The van der Waals surface area contributed by atoms with Crippen LogP contribution in [-0.2, 0) is 0 Å². The van der Waals surface area contributed by atoms with Crippen molar-refractivity contribution in [3.05, 3.63) is 67.0 Å². The van der Waals surface area contributed by atoms with Crippen LogP contribution in [0.1, 0.15) is 16.2 Å². The molecule has 1 unspecified atom stereocenters. The smallest absolute Gasteiger partial charge is 0.314 e. The van der Waals surface area contributed by atoms with Gasteiger partial charge in [0.05, 0.1) is 15.9 Å².